The normalized spacial score (nSPS) is 12.1. The fourth-order valence-corrected chi connectivity index (χ4v) is 1.63. The van der Waals surface area contributed by atoms with E-state index in [1.807, 2.05) is 37.3 Å². The van der Waals surface area contributed by atoms with Crippen LogP contribution in [0.15, 0.2) is 30.3 Å². The highest BCUT2D eigenvalue weighted by molar-refractivity contribution is 5.76. The predicted octanol–water partition coefficient (Wildman–Crippen LogP) is 1.01. The maximum atomic E-state index is 11.7. The van der Waals surface area contributed by atoms with Gasteiger partial charge in [-0.1, -0.05) is 35.5 Å². The van der Waals surface area contributed by atoms with E-state index in [4.69, 9.17) is 0 Å². The first-order valence-electron chi connectivity index (χ1n) is 5.82. The number of aryl methyl sites for hydroxylation is 1. The Balaban J connectivity index is 1.79. The molecule has 0 aliphatic heterocycles. The number of hydrogen-bond acceptors (Lipinski definition) is 4. The van der Waals surface area contributed by atoms with Crippen molar-refractivity contribution in [1.29, 1.82) is 0 Å². The molecule has 1 aromatic heterocycles. The fourth-order valence-electron chi connectivity index (χ4n) is 1.63. The van der Waals surface area contributed by atoms with E-state index >= 15 is 0 Å². The SMILES string of the molecule is CC(NC(=O)CCc1ccccc1)c1nn[nH]n1. The standard InChI is InChI=1S/C12H15N5O/c1-9(12-14-16-17-15-12)13-11(18)8-7-10-5-3-2-4-6-10/h2-6,9H,7-8H2,1H3,(H,13,18)(H,14,15,16,17). The smallest absolute Gasteiger partial charge is 0.220 e. The Morgan fingerprint density at radius 1 is 1.39 bits per heavy atom. The van der Waals surface area contributed by atoms with Crippen LogP contribution in [0.5, 0.6) is 0 Å². The highest BCUT2D eigenvalue weighted by Crippen LogP contribution is 2.06. The van der Waals surface area contributed by atoms with Crippen molar-refractivity contribution in [2.75, 3.05) is 0 Å². The second-order valence-electron chi connectivity index (χ2n) is 4.04. The minimum atomic E-state index is -0.230. The molecule has 1 unspecified atom stereocenters. The number of aromatic nitrogens is 4. The summed E-state index contributed by atoms with van der Waals surface area (Å²) in [6.45, 7) is 1.82. The molecule has 94 valence electrons. The maximum absolute atomic E-state index is 11.7. The first-order chi connectivity index (χ1) is 8.75. The number of rotatable bonds is 5. The maximum Gasteiger partial charge on any atom is 0.220 e. The lowest BCUT2D eigenvalue weighted by molar-refractivity contribution is -0.121. The highest BCUT2D eigenvalue weighted by Gasteiger charge is 2.12. The second kappa shape index (κ2) is 5.90. The molecule has 6 nitrogen and oxygen atoms in total. The summed E-state index contributed by atoms with van der Waals surface area (Å²) < 4.78 is 0. The van der Waals surface area contributed by atoms with Gasteiger partial charge in [0.1, 0.15) is 0 Å². The van der Waals surface area contributed by atoms with Gasteiger partial charge in [-0.3, -0.25) is 4.79 Å². The third-order valence-electron chi connectivity index (χ3n) is 2.61. The van der Waals surface area contributed by atoms with E-state index in [2.05, 4.69) is 25.9 Å². The molecule has 0 fully saturated rings. The minimum absolute atomic E-state index is 0.0175. The summed E-state index contributed by atoms with van der Waals surface area (Å²) >= 11 is 0. The van der Waals surface area contributed by atoms with Crippen molar-refractivity contribution < 1.29 is 4.79 Å². The summed E-state index contributed by atoms with van der Waals surface area (Å²) in [5.41, 5.74) is 1.15. The summed E-state index contributed by atoms with van der Waals surface area (Å²) in [5, 5.41) is 16.3. The Kier molecular flexibility index (Phi) is 4.01. The number of aromatic amines is 1. The quantitative estimate of drug-likeness (QED) is 0.823. The Labute approximate surface area is 105 Å². The lowest BCUT2D eigenvalue weighted by Crippen LogP contribution is -2.27. The molecular formula is C12H15N5O. The first kappa shape index (κ1) is 12.2. The molecule has 2 aromatic rings. The molecule has 0 spiro atoms. The molecule has 18 heavy (non-hydrogen) atoms. The number of carbonyl (C=O) groups is 1. The summed E-state index contributed by atoms with van der Waals surface area (Å²) in [6, 6.07) is 9.69. The average Bonchev–Trinajstić information content (AvgIpc) is 2.91. The molecule has 0 aliphatic carbocycles. The molecule has 1 atom stereocenters. The summed E-state index contributed by atoms with van der Waals surface area (Å²) in [6.07, 6.45) is 1.18. The summed E-state index contributed by atoms with van der Waals surface area (Å²) in [7, 11) is 0. The Morgan fingerprint density at radius 2 is 2.17 bits per heavy atom. The summed E-state index contributed by atoms with van der Waals surface area (Å²) in [5.74, 6) is 0.471. The Bertz CT molecular complexity index is 482. The zero-order valence-corrected chi connectivity index (χ0v) is 10.1. The van der Waals surface area contributed by atoms with Crippen molar-refractivity contribution >= 4 is 5.91 Å². The number of amides is 1. The van der Waals surface area contributed by atoms with Crippen molar-refractivity contribution in [3.8, 4) is 0 Å². The molecule has 2 N–H and O–H groups in total. The Morgan fingerprint density at radius 3 is 2.83 bits per heavy atom. The van der Waals surface area contributed by atoms with Crippen LogP contribution in [0.4, 0.5) is 0 Å². The van der Waals surface area contributed by atoms with Crippen molar-refractivity contribution in [2.24, 2.45) is 0 Å². The van der Waals surface area contributed by atoms with Crippen LogP contribution in [0.1, 0.15) is 30.8 Å². The van der Waals surface area contributed by atoms with Crippen LogP contribution in [-0.4, -0.2) is 26.5 Å². The Hall–Kier alpha value is -2.24. The van der Waals surface area contributed by atoms with Crippen molar-refractivity contribution in [3.63, 3.8) is 0 Å². The van der Waals surface area contributed by atoms with Gasteiger partial charge in [0, 0.05) is 6.42 Å². The van der Waals surface area contributed by atoms with Crippen LogP contribution in [0.25, 0.3) is 0 Å². The molecule has 2 rings (SSSR count). The van der Waals surface area contributed by atoms with E-state index in [0.29, 0.717) is 12.2 Å². The van der Waals surface area contributed by atoms with Crippen LogP contribution < -0.4 is 5.32 Å². The van der Waals surface area contributed by atoms with E-state index in [9.17, 15) is 4.79 Å². The monoisotopic (exact) mass is 245 g/mol. The van der Waals surface area contributed by atoms with E-state index in [0.717, 1.165) is 12.0 Å². The van der Waals surface area contributed by atoms with Gasteiger partial charge in [-0.25, -0.2) is 0 Å². The van der Waals surface area contributed by atoms with Crippen molar-refractivity contribution in [2.45, 2.75) is 25.8 Å². The zero-order valence-electron chi connectivity index (χ0n) is 10.1. The van der Waals surface area contributed by atoms with Gasteiger partial charge in [-0.05, 0) is 18.9 Å². The topological polar surface area (TPSA) is 83.6 Å². The van der Waals surface area contributed by atoms with Crippen molar-refractivity contribution in [3.05, 3.63) is 41.7 Å². The van der Waals surface area contributed by atoms with E-state index in [-0.39, 0.29) is 11.9 Å². The summed E-state index contributed by atoms with van der Waals surface area (Å²) in [4.78, 5) is 11.7. The first-order valence-corrected chi connectivity index (χ1v) is 5.82. The molecule has 0 bridgehead atoms. The number of nitrogens with one attached hydrogen (secondary N) is 2. The van der Waals surface area contributed by atoms with Gasteiger partial charge in [0.15, 0.2) is 5.82 Å². The van der Waals surface area contributed by atoms with Gasteiger partial charge in [0.25, 0.3) is 0 Å². The van der Waals surface area contributed by atoms with E-state index in [1.165, 1.54) is 0 Å². The number of carbonyl (C=O) groups excluding carboxylic acids is 1. The van der Waals surface area contributed by atoms with Crippen LogP contribution in [0.3, 0.4) is 0 Å². The van der Waals surface area contributed by atoms with Crippen LogP contribution >= 0.6 is 0 Å². The molecule has 1 amide bonds. The van der Waals surface area contributed by atoms with E-state index in [1.54, 1.807) is 0 Å². The molecule has 0 radical (unpaired) electrons. The number of hydrogen-bond donors (Lipinski definition) is 2. The van der Waals surface area contributed by atoms with Crippen LogP contribution in [0, 0.1) is 0 Å². The minimum Gasteiger partial charge on any atom is -0.346 e. The van der Waals surface area contributed by atoms with Gasteiger partial charge in [0.05, 0.1) is 6.04 Å². The molecule has 1 heterocycles. The molecule has 0 saturated heterocycles. The van der Waals surface area contributed by atoms with Crippen LogP contribution in [0.2, 0.25) is 0 Å². The number of tetrazole rings is 1. The fraction of sp³-hybridized carbons (Fsp3) is 0.333. The molecular weight excluding hydrogens is 230 g/mol. The number of benzene rings is 1. The molecule has 6 heteroatoms. The molecule has 0 aliphatic rings. The number of H-pyrrole nitrogens is 1. The third kappa shape index (κ3) is 3.38. The molecule has 0 saturated carbocycles. The van der Waals surface area contributed by atoms with E-state index < -0.39 is 0 Å². The van der Waals surface area contributed by atoms with Crippen LogP contribution in [-0.2, 0) is 11.2 Å². The van der Waals surface area contributed by atoms with Gasteiger partial charge < -0.3 is 5.32 Å². The van der Waals surface area contributed by atoms with Gasteiger partial charge in [-0.2, -0.15) is 5.21 Å². The lowest BCUT2D eigenvalue weighted by Gasteiger charge is -2.09. The van der Waals surface area contributed by atoms with Gasteiger partial charge in [0.2, 0.25) is 5.91 Å². The molecule has 1 aromatic carbocycles. The van der Waals surface area contributed by atoms with Crippen molar-refractivity contribution in [1.82, 2.24) is 25.9 Å². The number of nitrogens with zero attached hydrogens (tertiary/aromatic N) is 3. The lowest BCUT2D eigenvalue weighted by atomic mass is 10.1. The largest absolute Gasteiger partial charge is 0.346 e. The van der Waals surface area contributed by atoms with Gasteiger partial charge in [-0.15, -0.1) is 10.2 Å². The third-order valence-corrected chi connectivity index (χ3v) is 2.61. The van der Waals surface area contributed by atoms with Gasteiger partial charge >= 0.3 is 0 Å². The average molecular weight is 245 g/mol. The predicted molar refractivity (Wildman–Crippen MR) is 65.5 cm³/mol. The second-order valence-corrected chi connectivity index (χ2v) is 4.04. The zero-order chi connectivity index (χ0) is 12.8. The highest BCUT2D eigenvalue weighted by atomic mass is 16.1.